The first-order valence-electron chi connectivity index (χ1n) is 9.59. The van der Waals surface area contributed by atoms with Gasteiger partial charge in [0.25, 0.3) is 0 Å². The largest absolute Gasteiger partial charge is 0.294 e. The lowest BCUT2D eigenvalue weighted by Crippen LogP contribution is -2.26. The summed E-state index contributed by atoms with van der Waals surface area (Å²) in [5.74, 6) is -0.251. The summed E-state index contributed by atoms with van der Waals surface area (Å²) in [5, 5.41) is 4.84. The van der Waals surface area contributed by atoms with Crippen LogP contribution in [0, 0.1) is 5.92 Å². The average Bonchev–Trinajstić information content (AvgIpc) is 3.31. The van der Waals surface area contributed by atoms with Gasteiger partial charge in [0.1, 0.15) is 12.7 Å². The van der Waals surface area contributed by atoms with E-state index in [0.717, 1.165) is 10.5 Å². The normalized spacial score (nSPS) is 13.0. The van der Waals surface area contributed by atoms with Gasteiger partial charge >= 0.3 is 0 Å². The molecule has 0 amide bonds. The van der Waals surface area contributed by atoms with Crippen molar-refractivity contribution >= 4 is 29.1 Å². The number of Topliss-reactive ketones (excluding diaryl/α,β-unsaturated/α-hetero) is 1. The summed E-state index contributed by atoms with van der Waals surface area (Å²) in [4.78, 5) is 18.7. The Morgan fingerprint density at radius 1 is 0.933 bits per heavy atom. The first-order chi connectivity index (χ1) is 14.7. The second kappa shape index (κ2) is 9.74. The number of halogens is 1. The highest BCUT2D eigenvalue weighted by atomic mass is 35.5. The molecule has 1 heterocycles. The van der Waals surface area contributed by atoms with Crippen LogP contribution >= 0.6 is 23.4 Å². The smallest absolute Gasteiger partial charge is 0.169 e. The molecule has 150 valence electrons. The lowest BCUT2D eigenvalue weighted by Gasteiger charge is -2.26. The Bertz CT molecular complexity index is 1070. The number of hydrogen-bond donors (Lipinski definition) is 0. The summed E-state index contributed by atoms with van der Waals surface area (Å²) >= 11 is 7.73. The Labute approximate surface area is 184 Å². The highest BCUT2D eigenvalue weighted by Gasteiger charge is 2.32. The highest BCUT2D eigenvalue weighted by Crippen LogP contribution is 2.43. The van der Waals surface area contributed by atoms with E-state index in [1.165, 1.54) is 6.33 Å². The van der Waals surface area contributed by atoms with E-state index < -0.39 is 0 Å². The fraction of sp³-hybridized carbons (Fsp3) is 0.125. The molecule has 0 spiro atoms. The lowest BCUT2D eigenvalue weighted by molar-refractivity contribution is 0.0901. The van der Waals surface area contributed by atoms with Gasteiger partial charge < -0.3 is 0 Å². The van der Waals surface area contributed by atoms with E-state index in [1.807, 2.05) is 72.8 Å². The predicted molar refractivity (Wildman–Crippen MR) is 121 cm³/mol. The van der Waals surface area contributed by atoms with Crippen LogP contribution in [-0.2, 0) is 6.54 Å². The summed E-state index contributed by atoms with van der Waals surface area (Å²) < 4.78 is 1.73. The molecule has 30 heavy (non-hydrogen) atoms. The summed E-state index contributed by atoms with van der Waals surface area (Å²) in [5.41, 5.74) is 1.78. The minimum absolute atomic E-state index is 0.0846. The van der Waals surface area contributed by atoms with E-state index in [-0.39, 0.29) is 17.0 Å². The third-order valence-corrected chi connectivity index (χ3v) is 6.47. The van der Waals surface area contributed by atoms with Crippen LogP contribution in [-0.4, -0.2) is 20.5 Å². The van der Waals surface area contributed by atoms with Crippen LogP contribution in [0.2, 0.25) is 5.02 Å². The molecule has 0 bridgehead atoms. The van der Waals surface area contributed by atoms with Crippen molar-refractivity contribution in [2.45, 2.75) is 16.7 Å². The van der Waals surface area contributed by atoms with Gasteiger partial charge in [-0.05, 0) is 29.8 Å². The van der Waals surface area contributed by atoms with Crippen LogP contribution in [0.5, 0.6) is 0 Å². The Hall–Kier alpha value is -2.89. The Morgan fingerprint density at radius 3 is 2.23 bits per heavy atom. The van der Waals surface area contributed by atoms with Crippen LogP contribution in [0.25, 0.3) is 0 Å². The summed E-state index contributed by atoms with van der Waals surface area (Å²) in [6.45, 7) is 0.438. The maximum atomic E-state index is 13.6. The van der Waals surface area contributed by atoms with Crippen molar-refractivity contribution in [3.8, 4) is 0 Å². The van der Waals surface area contributed by atoms with Crippen LogP contribution < -0.4 is 0 Å². The molecule has 0 saturated carbocycles. The van der Waals surface area contributed by atoms with Gasteiger partial charge in [-0.25, -0.2) is 4.98 Å². The monoisotopic (exact) mass is 433 g/mol. The Kier molecular flexibility index (Phi) is 6.62. The molecule has 6 heteroatoms. The maximum Gasteiger partial charge on any atom is 0.169 e. The third kappa shape index (κ3) is 4.99. The number of aromatic nitrogens is 3. The van der Waals surface area contributed by atoms with Gasteiger partial charge in [0.15, 0.2) is 5.78 Å². The standard InChI is InChI=1S/C24H20ClN3OS/c25-20-11-13-21(14-12-20)30-24(19-9-5-2-6-10-19)22(15-28-17-26-16-27-28)23(29)18-7-3-1-4-8-18/h1-14,16-17,22,24H,15H2/t22-,24-/m1/s1. The SMILES string of the molecule is O=C(c1ccccc1)[C@@H](Cn1cncn1)[C@H](Sc1ccc(Cl)cc1)c1ccccc1. The zero-order chi connectivity index (χ0) is 20.8. The number of benzene rings is 3. The fourth-order valence-electron chi connectivity index (χ4n) is 3.35. The van der Waals surface area contributed by atoms with Crippen molar-refractivity contribution < 1.29 is 4.79 Å². The Morgan fingerprint density at radius 2 is 1.60 bits per heavy atom. The molecule has 3 aromatic carbocycles. The van der Waals surface area contributed by atoms with Gasteiger partial charge in [-0.15, -0.1) is 11.8 Å². The summed E-state index contributed by atoms with van der Waals surface area (Å²) in [6, 6.07) is 27.3. The molecule has 4 aromatic rings. The van der Waals surface area contributed by atoms with Crippen molar-refractivity contribution in [2.75, 3.05) is 0 Å². The van der Waals surface area contributed by atoms with E-state index in [0.29, 0.717) is 17.1 Å². The van der Waals surface area contributed by atoms with Crippen LogP contribution in [0.15, 0.2) is 102 Å². The van der Waals surface area contributed by atoms with Gasteiger partial charge in [0.05, 0.1) is 12.5 Å². The Balaban J connectivity index is 1.75. The third-order valence-electron chi connectivity index (χ3n) is 4.82. The van der Waals surface area contributed by atoms with Gasteiger partial charge in [-0.3, -0.25) is 9.48 Å². The quantitative estimate of drug-likeness (QED) is 0.254. The average molecular weight is 434 g/mol. The van der Waals surface area contributed by atoms with Gasteiger partial charge in [-0.2, -0.15) is 5.10 Å². The van der Waals surface area contributed by atoms with Gasteiger partial charge in [-0.1, -0.05) is 72.3 Å². The number of ketones is 1. The summed E-state index contributed by atoms with van der Waals surface area (Å²) in [7, 11) is 0. The highest BCUT2D eigenvalue weighted by molar-refractivity contribution is 7.99. The fourth-order valence-corrected chi connectivity index (χ4v) is 4.73. The molecule has 4 nitrogen and oxygen atoms in total. The van der Waals surface area contributed by atoms with Crippen molar-refractivity contribution in [1.29, 1.82) is 0 Å². The molecular formula is C24H20ClN3OS. The van der Waals surface area contributed by atoms with Gasteiger partial charge in [0.2, 0.25) is 0 Å². The van der Waals surface area contributed by atoms with E-state index in [4.69, 9.17) is 11.6 Å². The molecule has 0 N–H and O–H groups in total. The topological polar surface area (TPSA) is 47.8 Å². The molecular weight excluding hydrogens is 414 g/mol. The molecule has 0 aliphatic rings. The molecule has 0 aliphatic carbocycles. The van der Waals surface area contributed by atoms with Crippen LogP contribution in [0.1, 0.15) is 21.2 Å². The molecule has 0 unspecified atom stereocenters. The molecule has 0 aliphatic heterocycles. The van der Waals surface area contributed by atoms with Crippen LogP contribution in [0.3, 0.4) is 0 Å². The van der Waals surface area contributed by atoms with E-state index in [9.17, 15) is 4.79 Å². The van der Waals surface area contributed by atoms with Crippen molar-refractivity contribution in [3.05, 3.63) is 114 Å². The van der Waals surface area contributed by atoms with Crippen molar-refractivity contribution in [2.24, 2.45) is 5.92 Å². The van der Waals surface area contributed by atoms with Crippen molar-refractivity contribution in [3.63, 3.8) is 0 Å². The number of rotatable bonds is 8. The molecule has 0 saturated heterocycles. The number of carbonyl (C=O) groups excluding carboxylic acids is 1. The van der Waals surface area contributed by atoms with Gasteiger partial charge in [0, 0.05) is 20.7 Å². The second-order valence-electron chi connectivity index (χ2n) is 6.86. The minimum atomic E-state index is -0.336. The number of thioether (sulfide) groups is 1. The zero-order valence-corrected chi connectivity index (χ0v) is 17.7. The molecule has 1 aromatic heterocycles. The number of nitrogens with zero attached hydrogens (tertiary/aromatic N) is 3. The van der Waals surface area contributed by atoms with Crippen LogP contribution in [0.4, 0.5) is 0 Å². The van der Waals surface area contributed by atoms with E-state index in [2.05, 4.69) is 22.2 Å². The molecule has 0 radical (unpaired) electrons. The maximum absolute atomic E-state index is 13.6. The number of carbonyl (C=O) groups is 1. The minimum Gasteiger partial charge on any atom is -0.294 e. The predicted octanol–water partition coefficient (Wildman–Crippen LogP) is 5.96. The number of hydrogen-bond acceptors (Lipinski definition) is 4. The first kappa shape index (κ1) is 20.4. The first-order valence-corrected chi connectivity index (χ1v) is 10.9. The lowest BCUT2D eigenvalue weighted by atomic mass is 9.90. The van der Waals surface area contributed by atoms with E-state index >= 15 is 0 Å². The molecule has 0 fully saturated rings. The summed E-state index contributed by atoms with van der Waals surface area (Å²) in [6.07, 6.45) is 3.15. The molecule has 2 atom stereocenters. The zero-order valence-electron chi connectivity index (χ0n) is 16.1. The van der Waals surface area contributed by atoms with E-state index in [1.54, 1.807) is 22.8 Å². The van der Waals surface area contributed by atoms with Crippen molar-refractivity contribution in [1.82, 2.24) is 14.8 Å². The second-order valence-corrected chi connectivity index (χ2v) is 8.51. The molecule has 4 rings (SSSR count).